The van der Waals surface area contributed by atoms with Crippen LogP contribution in [0, 0.1) is 0 Å². The number of nitrogens with one attached hydrogen (secondary N) is 1. The lowest BCUT2D eigenvalue weighted by Gasteiger charge is -2.21. The second-order valence-corrected chi connectivity index (χ2v) is 5.84. The summed E-state index contributed by atoms with van der Waals surface area (Å²) in [5, 5.41) is 14.3. The third-order valence-corrected chi connectivity index (χ3v) is 3.90. The van der Waals surface area contributed by atoms with Crippen molar-refractivity contribution in [3.8, 4) is 0 Å². The molecule has 0 spiro atoms. The van der Waals surface area contributed by atoms with Crippen molar-refractivity contribution in [1.29, 1.82) is 0 Å². The van der Waals surface area contributed by atoms with E-state index in [9.17, 15) is 5.11 Å². The molecule has 0 radical (unpaired) electrons. The van der Waals surface area contributed by atoms with E-state index >= 15 is 0 Å². The fourth-order valence-corrected chi connectivity index (χ4v) is 2.91. The Morgan fingerprint density at radius 3 is 2.87 bits per heavy atom. The fourth-order valence-electron chi connectivity index (χ4n) is 1.98. The van der Waals surface area contributed by atoms with Gasteiger partial charge in [0.05, 0.1) is 11.8 Å². The highest BCUT2D eigenvalue weighted by atomic mass is 35.5. The molecule has 1 aliphatic carbocycles. The average Bonchev–Trinajstić information content (AvgIpc) is 2.76. The van der Waals surface area contributed by atoms with Gasteiger partial charge < -0.3 is 10.4 Å². The topological polar surface area (TPSA) is 45.1 Å². The van der Waals surface area contributed by atoms with Crippen molar-refractivity contribution >= 4 is 22.9 Å². The molecule has 0 bridgehead atoms. The lowest BCUT2D eigenvalue weighted by atomic mass is 10.0. The van der Waals surface area contributed by atoms with Crippen molar-refractivity contribution in [2.45, 2.75) is 37.8 Å². The highest BCUT2D eigenvalue weighted by Crippen LogP contribution is 2.28. The maximum atomic E-state index is 10.1. The van der Waals surface area contributed by atoms with Gasteiger partial charge in [-0.25, -0.2) is 4.98 Å². The van der Waals surface area contributed by atoms with E-state index in [-0.39, 0.29) is 0 Å². The standard InChI is InChI=1S/C10H15ClN2OS/c11-8-5-13-9(15-8)6-12-7-10(14)3-1-2-4-10/h5,12,14H,1-4,6-7H2. The molecule has 3 nitrogen and oxygen atoms in total. The number of hydrogen-bond donors (Lipinski definition) is 2. The van der Waals surface area contributed by atoms with Crippen molar-refractivity contribution < 1.29 is 5.11 Å². The molecule has 0 aromatic carbocycles. The molecule has 84 valence electrons. The van der Waals surface area contributed by atoms with Gasteiger partial charge in [-0.2, -0.15) is 0 Å². The van der Waals surface area contributed by atoms with Crippen LogP contribution in [0.25, 0.3) is 0 Å². The van der Waals surface area contributed by atoms with E-state index in [1.807, 2.05) is 0 Å². The van der Waals surface area contributed by atoms with Crippen molar-refractivity contribution in [2.24, 2.45) is 0 Å². The summed E-state index contributed by atoms with van der Waals surface area (Å²) in [6, 6.07) is 0. The third kappa shape index (κ3) is 3.14. The van der Waals surface area contributed by atoms with Crippen LogP contribution in [0.15, 0.2) is 6.20 Å². The van der Waals surface area contributed by atoms with Gasteiger partial charge in [-0.05, 0) is 12.8 Å². The van der Waals surface area contributed by atoms with Crippen LogP contribution in [0.2, 0.25) is 4.34 Å². The van der Waals surface area contributed by atoms with Crippen LogP contribution in [0.1, 0.15) is 30.7 Å². The summed E-state index contributed by atoms with van der Waals surface area (Å²) in [7, 11) is 0. The van der Waals surface area contributed by atoms with Gasteiger partial charge in [0.15, 0.2) is 0 Å². The zero-order chi connectivity index (χ0) is 10.7. The second kappa shape index (κ2) is 4.78. The van der Waals surface area contributed by atoms with Gasteiger partial charge in [-0.1, -0.05) is 24.4 Å². The van der Waals surface area contributed by atoms with Gasteiger partial charge in [0.2, 0.25) is 0 Å². The normalized spacial score (nSPS) is 19.6. The zero-order valence-electron chi connectivity index (χ0n) is 8.50. The maximum Gasteiger partial charge on any atom is 0.113 e. The van der Waals surface area contributed by atoms with Crippen molar-refractivity contribution in [3.63, 3.8) is 0 Å². The Morgan fingerprint density at radius 2 is 2.27 bits per heavy atom. The number of hydrogen-bond acceptors (Lipinski definition) is 4. The molecule has 1 aliphatic rings. The average molecular weight is 247 g/mol. The molecular formula is C10H15ClN2OS. The summed E-state index contributed by atoms with van der Waals surface area (Å²) >= 11 is 7.25. The van der Waals surface area contributed by atoms with Crippen LogP contribution in [0.4, 0.5) is 0 Å². The van der Waals surface area contributed by atoms with Crippen LogP contribution in [-0.4, -0.2) is 22.2 Å². The molecule has 1 aromatic heterocycles. The minimum Gasteiger partial charge on any atom is -0.389 e. The smallest absolute Gasteiger partial charge is 0.113 e. The Kier molecular flexibility index (Phi) is 3.61. The number of thiazole rings is 1. The summed E-state index contributed by atoms with van der Waals surface area (Å²) in [4.78, 5) is 4.15. The molecule has 1 aromatic rings. The quantitative estimate of drug-likeness (QED) is 0.856. The Morgan fingerprint density at radius 1 is 1.53 bits per heavy atom. The van der Waals surface area contributed by atoms with Crippen LogP contribution in [0.5, 0.6) is 0 Å². The van der Waals surface area contributed by atoms with Crippen molar-refractivity contribution in [3.05, 3.63) is 15.5 Å². The van der Waals surface area contributed by atoms with E-state index in [2.05, 4.69) is 10.3 Å². The highest BCUT2D eigenvalue weighted by Gasteiger charge is 2.30. The second-order valence-electron chi connectivity index (χ2n) is 4.09. The van der Waals surface area contributed by atoms with Crippen LogP contribution >= 0.6 is 22.9 Å². The number of aromatic nitrogens is 1. The molecule has 1 saturated carbocycles. The summed E-state index contributed by atoms with van der Waals surface area (Å²) in [6.07, 6.45) is 5.77. The first-order valence-corrected chi connectivity index (χ1v) is 6.41. The van der Waals surface area contributed by atoms with E-state index < -0.39 is 5.60 Å². The Labute approximate surface area is 98.5 Å². The largest absolute Gasteiger partial charge is 0.389 e. The molecule has 0 unspecified atom stereocenters. The SMILES string of the molecule is OC1(CNCc2ncc(Cl)s2)CCCC1. The molecule has 0 aliphatic heterocycles. The van der Waals surface area contributed by atoms with Crippen LogP contribution < -0.4 is 5.32 Å². The first-order chi connectivity index (χ1) is 7.18. The molecule has 0 amide bonds. The summed E-state index contributed by atoms with van der Waals surface area (Å²) < 4.78 is 0.714. The van der Waals surface area contributed by atoms with Crippen molar-refractivity contribution in [1.82, 2.24) is 10.3 Å². The first kappa shape index (κ1) is 11.3. The van der Waals surface area contributed by atoms with Crippen LogP contribution in [-0.2, 0) is 6.54 Å². The lowest BCUT2D eigenvalue weighted by Crippen LogP contribution is -2.37. The molecule has 0 atom stereocenters. The van der Waals surface area contributed by atoms with Gasteiger partial charge in [0, 0.05) is 13.1 Å². The summed E-state index contributed by atoms with van der Waals surface area (Å²) in [5.74, 6) is 0. The number of nitrogens with zero attached hydrogens (tertiary/aromatic N) is 1. The van der Waals surface area contributed by atoms with Gasteiger partial charge in [0.25, 0.3) is 0 Å². The zero-order valence-corrected chi connectivity index (χ0v) is 10.1. The molecule has 2 rings (SSSR count). The monoisotopic (exact) mass is 246 g/mol. The molecule has 15 heavy (non-hydrogen) atoms. The number of aliphatic hydroxyl groups is 1. The fraction of sp³-hybridized carbons (Fsp3) is 0.700. The number of rotatable bonds is 4. The lowest BCUT2D eigenvalue weighted by molar-refractivity contribution is 0.0475. The first-order valence-electron chi connectivity index (χ1n) is 5.21. The van der Waals surface area contributed by atoms with Gasteiger partial charge >= 0.3 is 0 Å². The van der Waals surface area contributed by atoms with E-state index in [1.54, 1.807) is 6.20 Å². The van der Waals surface area contributed by atoms with E-state index in [0.717, 1.165) is 30.7 Å². The molecule has 0 saturated heterocycles. The third-order valence-electron chi connectivity index (χ3n) is 2.79. The summed E-state index contributed by atoms with van der Waals surface area (Å²) in [5.41, 5.74) is -0.485. The molecular weight excluding hydrogens is 232 g/mol. The minimum absolute atomic E-state index is 0.485. The predicted molar refractivity (Wildman–Crippen MR) is 62.2 cm³/mol. The van der Waals surface area contributed by atoms with E-state index in [4.69, 9.17) is 11.6 Å². The van der Waals surface area contributed by atoms with Gasteiger partial charge in [-0.15, -0.1) is 11.3 Å². The molecule has 1 fully saturated rings. The Hall–Kier alpha value is -0.160. The van der Waals surface area contributed by atoms with Gasteiger partial charge in [0.1, 0.15) is 9.34 Å². The van der Waals surface area contributed by atoms with E-state index in [1.165, 1.54) is 11.3 Å². The minimum atomic E-state index is -0.485. The maximum absolute atomic E-state index is 10.1. The predicted octanol–water partition coefficient (Wildman–Crippen LogP) is 2.19. The van der Waals surface area contributed by atoms with Gasteiger partial charge in [-0.3, -0.25) is 0 Å². The number of halogens is 1. The van der Waals surface area contributed by atoms with Crippen LogP contribution in [0.3, 0.4) is 0 Å². The molecule has 2 N–H and O–H groups in total. The van der Waals surface area contributed by atoms with Crippen molar-refractivity contribution in [2.75, 3.05) is 6.54 Å². The Balaban J connectivity index is 1.75. The molecule has 5 heteroatoms. The Bertz CT molecular complexity index is 323. The molecule has 1 heterocycles. The summed E-state index contributed by atoms with van der Waals surface area (Å²) in [6.45, 7) is 1.35. The highest BCUT2D eigenvalue weighted by molar-refractivity contribution is 7.15. The van der Waals surface area contributed by atoms with E-state index in [0.29, 0.717) is 17.4 Å².